The molecule has 2 rings (SSSR count). The molecule has 1 aromatic rings. The number of unbranched alkanes of at least 4 members (excludes halogenated alkanes) is 1. The lowest BCUT2D eigenvalue weighted by atomic mass is 10.1. The van der Waals surface area contributed by atoms with Crippen LogP contribution in [0.4, 0.5) is 5.69 Å². The van der Waals surface area contributed by atoms with Crippen LogP contribution >= 0.6 is 0 Å². The number of benzene rings is 1. The zero-order valence-electron chi connectivity index (χ0n) is 14.8. The van der Waals surface area contributed by atoms with Crippen LogP contribution in [0, 0.1) is 0 Å². The number of sulfonamides is 1. The van der Waals surface area contributed by atoms with Crippen LogP contribution in [-0.2, 0) is 10.0 Å². The summed E-state index contributed by atoms with van der Waals surface area (Å²) in [6.07, 6.45) is 7.90. The lowest BCUT2D eigenvalue weighted by Gasteiger charge is -2.17. The number of hydrogen-bond acceptors (Lipinski definition) is 4. The fraction of sp³-hybridized carbons (Fsp3) is 0.611. The van der Waals surface area contributed by atoms with Gasteiger partial charge in [0, 0.05) is 18.3 Å². The van der Waals surface area contributed by atoms with E-state index in [1.54, 1.807) is 6.07 Å². The summed E-state index contributed by atoms with van der Waals surface area (Å²) in [5.41, 5.74) is 0.439. The molecular weight excluding hydrogens is 340 g/mol. The molecule has 0 bridgehead atoms. The van der Waals surface area contributed by atoms with E-state index < -0.39 is 16.0 Å². The van der Waals surface area contributed by atoms with E-state index in [0.717, 1.165) is 51.4 Å². The molecule has 7 heteroatoms. The third kappa shape index (κ3) is 5.71. The zero-order chi connectivity index (χ0) is 18.3. The van der Waals surface area contributed by atoms with Crippen LogP contribution in [0.15, 0.2) is 23.1 Å². The summed E-state index contributed by atoms with van der Waals surface area (Å²) in [5, 5.41) is 12.5. The predicted molar refractivity (Wildman–Crippen MR) is 98.6 cm³/mol. The van der Waals surface area contributed by atoms with Gasteiger partial charge in [-0.3, -0.25) is 0 Å². The lowest BCUT2D eigenvalue weighted by Crippen LogP contribution is -2.34. The van der Waals surface area contributed by atoms with Crippen molar-refractivity contribution in [1.82, 2.24) is 4.72 Å². The summed E-state index contributed by atoms with van der Waals surface area (Å²) in [6, 6.07) is 4.19. The molecule has 1 aromatic carbocycles. The molecule has 1 aliphatic carbocycles. The van der Waals surface area contributed by atoms with Crippen molar-refractivity contribution in [3.63, 3.8) is 0 Å². The lowest BCUT2D eigenvalue weighted by molar-refractivity contribution is 0.0697. The summed E-state index contributed by atoms with van der Waals surface area (Å²) >= 11 is 0. The maximum Gasteiger partial charge on any atom is 0.337 e. The SMILES string of the molecule is CCCCNc1ccc(S(=O)(=O)NC2CCCCCC2)cc1C(=O)O. The summed E-state index contributed by atoms with van der Waals surface area (Å²) in [5.74, 6) is -1.13. The fourth-order valence-corrected chi connectivity index (χ4v) is 4.44. The molecule has 1 fully saturated rings. The number of carboxylic acid groups (broad SMARTS) is 1. The molecule has 1 aliphatic rings. The number of anilines is 1. The molecule has 0 amide bonds. The molecule has 0 unspecified atom stereocenters. The Balaban J connectivity index is 2.19. The first-order valence-electron chi connectivity index (χ1n) is 9.07. The van der Waals surface area contributed by atoms with Crippen molar-refractivity contribution < 1.29 is 18.3 Å². The van der Waals surface area contributed by atoms with Crippen molar-refractivity contribution in [3.05, 3.63) is 23.8 Å². The fourth-order valence-electron chi connectivity index (χ4n) is 3.11. The highest BCUT2D eigenvalue weighted by Gasteiger charge is 2.23. The van der Waals surface area contributed by atoms with Crippen LogP contribution in [0.25, 0.3) is 0 Å². The van der Waals surface area contributed by atoms with Gasteiger partial charge in [0.05, 0.1) is 10.5 Å². The molecule has 0 radical (unpaired) electrons. The molecule has 0 saturated heterocycles. The summed E-state index contributed by atoms with van der Waals surface area (Å²) in [6.45, 7) is 2.71. The molecule has 0 aliphatic heterocycles. The predicted octanol–water partition coefficient (Wildman–Crippen LogP) is 3.60. The smallest absolute Gasteiger partial charge is 0.337 e. The van der Waals surface area contributed by atoms with Gasteiger partial charge < -0.3 is 10.4 Å². The Morgan fingerprint density at radius 3 is 2.48 bits per heavy atom. The molecule has 0 heterocycles. The first-order chi connectivity index (χ1) is 11.9. The van der Waals surface area contributed by atoms with Gasteiger partial charge in [-0.1, -0.05) is 39.0 Å². The summed E-state index contributed by atoms with van der Waals surface area (Å²) in [7, 11) is -3.72. The topological polar surface area (TPSA) is 95.5 Å². The number of nitrogens with one attached hydrogen (secondary N) is 2. The Hall–Kier alpha value is -1.60. The first kappa shape index (κ1) is 19.7. The van der Waals surface area contributed by atoms with Crippen LogP contribution in [0.2, 0.25) is 0 Å². The van der Waals surface area contributed by atoms with E-state index in [0.29, 0.717) is 12.2 Å². The van der Waals surface area contributed by atoms with Gasteiger partial charge in [-0.2, -0.15) is 0 Å². The largest absolute Gasteiger partial charge is 0.478 e. The normalized spacial score (nSPS) is 16.4. The van der Waals surface area contributed by atoms with Crippen molar-refractivity contribution in [2.24, 2.45) is 0 Å². The van der Waals surface area contributed by atoms with E-state index in [1.807, 2.05) is 0 Å². The van der Waals surface area contributed by atoms with Crippen molar-refractivity contribution in [1.29, 1.82) is 0 Å². The molecular formula is C18H28N2O4S. The van der Waals surface area contributed by atoms with E-state index in [1.165, 1.54) is 12.1 Å². The Kier molecular flexibility index (Phi) is 7.25. The number of carboxylic acids is 1. The van der Waals surface area contributed by atoms with Gasteiger partial charge in [0.25, 0.3) is 0 Å². The number of rotatable bonds is 8. The van der Waals surface area contributed by atoms with E-state index in [-0.39, 0.29) is 16.5 Å². The minimum absolute atomic E-state index is 0.00943. The van der Waals surface area contributed by atoms with E-state index in [2.05, 4.69) is 17.0 Å². The van der Waals surface area contributed by atoms with Crippen molar-refractivity contribution in [2.75, 3.05) is 11.9 Å². The Bertz CT molecular complexity index is 680. The summed E-state index contributed by atoms with van der Waals surface area (Å²) < 4.78 is 28.0. The minimum atomic E-state index is -3.72. The molecule has 140 valence electrons. The van der Waals surface area contributed by atoms with Crippen LogP contribution < -0.4 is 10.0 Å². The van der Waals surface area contributed by atoms with Gasteiger partial charge in [0.15, 0.2) is 0 Å². The van der Waals surface area contributed by atoms with E-state index in [9.17, 15) is 18.3 Å². The van der Waals surface area contributed by atoms with Gasteiger partial charge in [-0.15, -0.1) is 0 Å². The first-order valence-corrected chi connectivity index (χ1v) is 10.6. The second-order valence-electron chi connectivity index (χ2n) is 6.60. The second kappa shape index (κ2) is 9.20. The van der Waals surface area contributed by atoms with Crippen molar-refractivity contribution >= 4 is 21.7 Å². The molecule has 1 saturated carbocycles. The van der Waals surface area contributed by atoms with Gasteiger partial charge in [-0.25, -0.2) is 17.9 Å². The van der Waals surface area contributed by atoms with Crippen LogP contribution in [0.1, 0.15) is 68.6 Å². The monoisotopic (exact) mass is 368 g/mol. The highest BCUT2D eigenvalue weighted by molar-refractivity contribution is 7.89. The molecule has 25 heavy (non-hydrogen) atoms. The van der Waals surface area contributed by atoms with Crippen LogP contribution in [-0.4, -0.2) is 32.1 Å². The zero-order valence-corrected chi connectivity index (χ0v) is 15.6. The average Bonchev–Trinajstić information content (AvgIpc) is 2.83. The van der Waals surface area contributed by atoms with E-state index in [4.69, 9.17) is 0 Å². The average molecular weight is 368 g/mol. The van der Waals surface area contributed by atoms with Gasteiger partial charge in [0.2, 0.25) is 10.0 Å². The molecule has 3 N–H and O–H groups in total. The molecule has 0 aromatic heterocycles. The molecule has 6 nitrogen and oxygen atoms in total. The maximum atomic E-state index is 12.6. The van der Waals surface area contributed by atoms with Gasteiger partial charge >= 0.3 is 5.97 Å². The Labute approximate surface area is 150 Å². The van der Waals surface area contributed by atoms with Crippen molar-refractivity contribution in [2.45, 2.75) is 69.2 Å². The molecule has 0 atom stereocenters. The minimum Gasteiger partial charge on any atom is -0.478 e. The van der Waals surface area contributed by atoms with Crippen molar-refractivity contribution in [3.8, 4) is 0 Å². The standard InChI is InChI=1S/C18H28N2O4S/c1-2-3-12-19-17-11-10-15(13-16(17)18(21)22)25(23,24)20-14-8-6-4-5-7-9-14/h10-11,13-14,19-20H,2-9,12H2,1H3,(H,21,22). The van der Waals surface area contributed by atoms with Gasteiger partial charge in [0.1, 0.15) is 0 Å². The number of carbonyl (C=O) groups is 1. The van der Waals surface area contributed by atoms with Gasteiger partial charge in [-0.05, 0) is 37.5 Å². The third-order valence-electron chi connectivity index (χ3n) is 4.55. The Morgan fingerprint density at radius 2 is 1.88 bits per heavy atom. The number of aromatic carboxylic acids is 1. The second-order valence-corrected chi connectivity index (χ2v) is 8.32. The number of hydrogen-bond donors (Lipinski definition) is 3. The quantitative estimate of drug-likeness (QED) is 0.481. The highest BCUT2D eigenvalue weighted by Crippen LogP contribution is 2.23. The van der Waals surface area contributed by atoms with Crippen LogP contribution in [0.5, 0.6) is 0 Å². The highest BCUT2D eigenvalue weighted by atomic mass is 32.2. The van der Waals surface area contributed by atoms with Crippen LogP contribution in [0.3, 0.4) is 0 Å². The third-order valence-corrected chi connectivity index (χ3v) is 6.07. The Morgan fingerprint density at radius 1 is 1.20 bits per heavy atom. The molecule has 0 spiro atoms. The maximum absolute atomic E-state index is 12.6. The summed E-state index contributed by atoms with van der Waals surface area (Å²) in [4.78, 5) is 11.5. The van der Waals surface area contributed by atoms with E-state index >= 15 is 0 Å².